The first-order chi connectivity index (χ1) is 7.65. The molecule has 0 unspecified atom stereocenters. The van der Waals surface area contributed by atoms with Crippen LogP contribution in [-0.2, 0) is 9.59 Å². The van der Waals surface area contributed by atoms with Crippen molar-refractivity contribution >= 4 is 23.6 Å². The number of hydrogen-bond acceptors (Lipinski definition) is 4. The van der Waals surface area contributed by atoms with E-state index in [1.165, 1.54) is 16.7 Å². The zero-order valence-electron chi connectivity index (χ0n) is 9.02. The highest BCUT2D eigenvalue weighted by molar-refractivity contribution is 8.04. The maximum absolute atomic E-state index is 11.3. The second-order valence-electron chi connectivity index (χ2n) is 3.72. The SMILES string of the molecule is CCNCCC1=C(C(=O)O)N2C(=O)C[C@H]2S1. The number of hydrogen-bond donors (Lipinski definition) is 2. The normalized spacial score (nSPS) is 23.4. The Balaban J connectivity index is 2.09. The highest BCUT2D eigenvalue weighted by Crippen LogP contribution is 2.47. The fourth-order valence-corrected chi connectivity index (χ4v) is 3.28. The summed E-state index contributed by atoms with van der Waals surface area (Å²) in [4.78, 5) is 24.6. The highest BCUT2D eigenvalue weighted by Gasteiger charge is 2.47. The first-order valence-electron chi connectivity index (χ1n) is 5.31. The molecular weight excluding hydrogens is 228 g/mol. The summed E-state index contributed by atoms with van der Waals surface area (Å²) in [6.45, 7) is 3.63. The van der Waals surface area contributed by atoms with E-state index in [0.29, 0.717) is 12.8 Å². The second kappa shape index (κ2) is 4.47. The van der Waals surface area contributed by atoms with Crippen molar-refractivity contribution in [1.29, 1.82) is 0 Å². The van der Waals surface area contributed by atoms with Crippen LogP contribution in [0.5, 0.6) is 0 Å². The number of thioether (sulfide) groups is 1. The summed E-state index contributed by atoms with van der Waals surface area (Å²) >= 11 is 1.51. The van der Waals surface area contributed by atoms with Gasteiger partial charge in [-0.2, -0.15) is 0 Å². The molecule has 1 atom stereocenters. The van der Waals surface area contributed by atoms with Gasteiger partial charge in [-0.05, 0) is 19.5 Å². The molecule has 0 aromatic carbocycles. The van der Waals surface area contributed by atoms with E-state index in [4.69, 9.17) is 5.11 Å². The summed E-state index contributed by atoms with van der Waals surface area (Å²) < 4.78 is 0. The molecule has 0 bridgehead atoms. The molecule has 16 heavy (non-hydrogen) atoms. The van der Waals surface area contributed by atoms with Crippen LogP contribution in [0, 0.1) is 0 Å². The molecule has 2 aliphatic heterocycles. The minimum absolute atomic E-state index is 0.0372. The number of fused-ring (bicyclic) bond motifs is 1. The van der Waals surface area contributed by atoms with Gasteiger partial charge in [0.2, 0.25) is 5.91 Å². The third-order valence-corrected chi connectivity index (χ3v) is 4.00. The van der Waals surface area contributed by atoms with Gasteiger partial charge in [0.25, 0.3) is 0 Å². The number of nitrogens with zero attached hydrogens (tertiary/aromatic N) is 1. The summed E-state index contributed by atoms with van der Waals surface area (Å²) in [6.07, 6.45) is 1.15. The van der Waals surface area contributed by atoms with E-state index >= 15 is 0 Å². The van der Waals surface area contributed by atoms with Crippen LogP contribution >= 0.6 is 11.8 Å². The molecule has 5 nitrogen and oxygen atoms in total. The minimum Gasteiger partial charge on any atom is -0.477 e. The number of carboxylic acids is 1. The van der Waals surface area contributed by atoms with E-state index in [9.17, 15) is 9.59 Å². The third kappa shape index (κ3) is 1.82. The Bertz CT molecular complexity index is 367. The highest BCUT2D eigenvalue weighted by atomic mass is 32.2. The molecular formula is C10H14N2O3S. The van der Waals surface area contributed by atoms with Crippen molar-refractivity contribution < 1.29 is 14.7 Å². The van der Waals surface area contributed by atoms with Gasteiger partial charge in [0, 0.05) is 4.91 Å². The summed E-state index contributed by atoms with van der Waals surface area (Å²) in [5, 5.41) is 12.3. The fourth-order valence-electron chi connectivity index (χ4n) is 1.88. The molecule has 0 aromatic heterocycles. The van der Waals surface area contributed by atoms with Gasteiger partial charge in [0.15, 0.2) is 0 Å². The Hall–Kier alpha value is -1.01. The Morgan fingerprint density at radius 2 is 2.44 bits per heavy atom. The quantitative estimate of drug-likeness (QED) is 0.545. The zero-order chi connectivity index (χ0) is 11.7. The van der Waals surface area contributed by atoms with Crippen molar-refractivity contribution in [2.45, 2.75) is 25.1 Å². The number of nitrogens with one attached hydrogen (secondary N) is 1. The van der Waals surface area contributed by atoms with Crippen LogP contribution in [0.15, 0.2) is 10.6 Å². The van der Waals surface area contributed by atoms with Crippen molar-refractivity contribution in [3.05, 3.63) is 10.6 Å². The van der Waals surface area contributed by atoms with Gasteiger partial charge in [0.1, 0.15) is 5.70 Å². The molecule has 2 heterocycles. The molecule has 88 valence electrons. The summed E-state index contributed by atoms with van der Waals surface area (Å²) in [6, 6.07) is 0. The van der Waals surface area contributed by atoms with E-state index in [0.717, 1.165) is 18.0 Å². The van der Waals surface area contributed by atoms with Gasteiger partial charge in [-0.1, -0.05) is 6.92 Å². The van der Waals surface area contributed by atoms with Crippen LogP contribution in [0.25, 0.3) is 0 Å². The van der Waals surface area contributed by atoms with E-state index in [1.54, 1.807) is 0 Å². The lowest BCUT2D eigenvalue weighted by atomic mass is 10.1. The molecule has 2 aliphatic rings. The lowest BCUT2D eigenvalue weighted by molar-refractivity contribution is -0.145. The van der Waals surface area contributed by atoms with Gasteiger partial charge in [-0.25, -0.2) is 4.79 Å². The predicted octanol–water partition coefficient (Wildman–Crippen LogP) is 0.587. The number of β-lactam (4-membered cyclic amide) rings is 1. The summed E-state index contributed by atoms with van der Waals surface area (Å²) in [5.74, 6) is -1.07. The van der Waals surface area contributed by atoms with E-state index < -0.39 is 5.97 Å². The average Bonchev–Trinajstić information content (AvgIpc) is 2.52. The molecule has 6 heteroatoms. The van der Waals surface area contributed by atoms with Crippen LogP contribution in [-0.4, -0.2) is 40.3 Å². The number of rotatable bonds is 5. The number of carbonyl (C=O) groups is 2. The first-order valence-corrected chi connectivity index (χ1v) is 6.19. The Morgan fingerprint density at radius 1 is 1.69 bits per heavy atom. The molecule has 2 rings (SSSR count). The molecule has 1 fully saturated rings. The van der Waals surface area contributed by atoms with Crippen molar-refractivity contribution in [1.82, 2.24) is 10.2 Å². The van der Waals surface area contributed by atoms with Gasteiger partial charge in [0.05, 0.1) is 11.8 Å². The monoisotopic (exact) mass is 242 g/mol. The summed E-state index contributed by atoms with van der Waals surface area (Å²) in [5.41, 5.74) is 0.198. The van der Waals surface area contributed by atoms with Crippen LogP contribution in [0.4, 0.5) is 0 Å². The lowest BCUT2D eigenvalue weighted by Crippen LogP contribution is -2.48. The average molecular weight is 242 g/mol. The number of carbonyl (C=O) groups excluding carboxylic acids is 1. The van der Waals surface area contributed by atoms with Crippen LogP contribution in [0.1, 0.15) is 19.8 Å². The van der Waals surface area contributed by atoms with Gasteiger partial charge in [-0.15, -0.1) is 11.8 Å². The maximum Gasteiger partial charge on any atom is 0.353 e. The first kappa shape index (κ1) is 11.5. The van der Waals surface area contributed by atoms with Crippen LogP contribution in [0.2, 0.25) is 0 Å². The zero-order valence-corrected chi connectivity index (χ0v) is 9.84. The van der Waals surface area contributed by atoms with Crippen molar-refractivity contribution in [3.63, 3.8) is 0 Å². The maximum atomic E-state index is 11.3. The Kier molecular flexibility index (Phi) is 3.20. The Labute approximate surface area is 97.9 Å². The van der Waals surface area contributed by atoms with Crippen LogP contribution in [0.3, 0.4) is 0 Å². The smallest absolute Gasteiger partial charge is 0.353 e. The topological polar surface area (TPSA) is 69.6 Å². The van der Waals surface area contributed by atoms with E-state index in [1.807, 2.05) is 6.92 Å². The van der Waals surface area contributed by atoms with Crippen molar-refractivity contribution in [3.8, 4) is 0 Å². The molecule has 1 amide bonds. The fraction of sp³-hybridized carbons (Fsp3) is 0.600. The summed E-state index contributed by atoms with van der Waals surface area (Å²) in [7, 11) is 0. The van der Waals surface area contributed by atoms with Crippen molar-refractivity contribution in [2.24, 2.45) is 0 Å². The molecule has 0 saturated carbocycles. The van der Waals surface area contributed by atoms with Gasteiger partial charge >= 0.3 is 5.97 Å². The van der Waals surface area contributed by atoms with Crippen LogP contribution < -0.4 is 5.32 Å². The second-order valence-corrected chi connectivity index (χ2v) is 4.99. The molecule has 0 aromatic rings. The lowest BCUT2D eigenvalue weighted by Gasteiger charge is -2.33. The number of aliphatic carboxylic acids is 1. The molecule has 2 N–H and O–H groups in total. The third-order valence-electron chi connectivity index (χ3n) is 2.67. The van der Waals surface area contributed by atoms with E-state index in [-0.39, 0.29) is 17.0 Å². The predicted molar refractivity (Wildman–Crippen MR) is 60.7 cm³/mol. The molecule has 0 radical (unpaired) electrons. The molecule has 0 spiro atoms. The Morgan fingerprint density at radius 3 is 3.00 bits per heavy atom. The van der Waals surface area contributed by atoms with E-state index in [2.05, 4.69) is 5.32 Å². The molecule has 1 saturated heterocycles. The van der Waals surface area contributed by atoms with Crippen molar-refractivity contribution in [2.75, 3.05) is 13.1 Å². The molecule has 0 aliphatic carbocycles. The largest absolute Gasteiger partial charge is 0.477 e. The minimum atomic E-state index is -0.991. The van der Waals surface area contributed by atoms with Gasteiger partial charge < -0.3 is 10.4 Å². The van der Waals surface area contributed by atoms with Gasteiger partial charge in [-0.3, -0.25) is 9.69 Å². The number of amides is 1. The standard InChI is InChI=1S/C10H14N2O3S/c1-2-11-4-3-6-9(10(14)15)12-7(13)5-8(12)16-6/h8,11H,2-5H2,1H3,(H,14,15)/t8-/m1/s1. The number of carboxylic acid groups (broad SMARTS) is 1.